The second kappa shape index (κ2) is 7.30. The van der Waals surface area contributed by atoms with E-state index >= 15 is 0 Å². The van der Waals surface area contributed by atoms with Gasteiger partial charge >= 0.3 is 0 Å². The quantitative estimate of drug-likeness (QED) is 0.653. The highest BCUT2D eigenvalue weighted by Gasteiger charge is 2.16. The molecule has 0 fully saturated rings. The van der Waals surface area contributed by atoms with Crippen LogP contribution in [0.3, 0.4) is 0 Å². The van der Waals surface area contributed by atoms with Gasteiger partial charge in [-0.05, 0) is 46.2 Å². The van der Waals surface area contributed by atoms with Crippen LogP contribution in [-0.4, -0.2) is 41.8 Å². The van der Waals surface area contributed by atoms with Crippen LogP contribution in [0.25, 0.3) is 0 Å². The van der Waals surface area contributed by atoms with Gasteiger partial charge in [-0.15, -0.1) is 0 Å². The minimum Gasteiger partial charge on any atom is -0.301 e. The summed E-state index contributed by atoms with van der Waals surface area (Å²) in [6, 6.07) is 0.932. The topological polar surface area (TPSA) is 20.3 Å². The number of carbonyl (C=O) groups excluding carboxylic acids is 1. The van der Waals surface area contributed by atoms with E-state index in [0.717, 1.165) is 0 Å². The van der Waals surface area contributed by atoms with Crippen molar-refractivity contribution < 1.29 is 4.79 Å². The van der Waals surface area contributed by atoms with E-state index in [-0.39, 0.29) is 5.78 Å². The van der Waals surface area contributed by atoms with E-state index in [1.807, 2.05) is 11.8 Å². The minimum absolute atomic E-state index is 0.279. The zero-order valence-corrected chi connectivity index (χ0v) is 10.9. The molecule has 2 atom stereocenters. The molecule has 0 aromatic rings. The third-order valence-electron chi connectivity index (χ3n) is 2.71. The Hall–Kier alpha value is -0.0200. The number of Topliss-reactive ketones (excluding diaryl/α,β-unsaturated/α-hetero) is 1. The predicted molar refractivity (Wildman–Crippen MR) is 65.0 cm³/mol. The van der Waals surface area contributed by atoms with Gasteiger partial charge in [0.25, 0.3) is 0 Å². The smallest absolute Gasteiger partial charge is 0.131 e. The van der Waals surface area contributed by atoms with E-state index in [4.69, 9.17) is 0 Å². The van der Waals surface area contributed by atoms with E-state index in [9.17, 15) is 4.79 Å². The first kappa shape index (κ1) is 14.0. The Morgan fingerprint density at radius 1 is 1.36 bits per heavy atom. The normalized spacial score (nSPS) is 15.6. The third-order valence-corrected chi connectivity index (χ3v) is 3.36. The maximum absolute atomic E-state index is 11.0. The van der Waals surface area contributed by atoms with Crippen LogP contribution in [0.5, 0.6) is 0 Å². The van der Waals surface area contributed by atoms with Crippen LogP contribution in [0.2, 0.25) is 0 Å². The number of rotatable bonds is 7. The van der Waals surface area contributed by atoms with Gasteiger partial charge in [-0.2, -0.15) is 11.8 Å². The van der Waals surface area contributed by atoms with Crippen molar-refractivity contribution in [3.63, 3.8) is 0 Å². The molecule has 0 radical (unpaired) electrons. The maximum Gasteiger partial charge on any atom is 0.131 e. The molecule has 0 N–H and O–H groups in total. The minimum atomic E-state index is 0.279. The van der Waals surface area contributed by atoms with E-state index in [1.165, 1.54) is 12.2 Å². The first-order chi connectivity index (χ1) is 6.49. The number of hydrogen-bond acceptors (Lipinski definition) is 3. The first-order valence-electron chi connectivity index (χ1n) is 5.19. The average molecular weight is 217 g/mol. The molecule has 14 heavy (non-hydrogen) atoms. The van der Waals surface area contributed by atoms with E-state index in [0.29, 0.717) is 18.5 Å². The van der Waals surface area contributed by atoms with Crippen molar-refractivity contribution in [3.8, 4) is 0 Å². The van der Waals surface area contributed by atoms with E-state index in [2.05, 4.69) is 32.1 Å². The predicted octanol–water partition coefficient (Wildman–Crippen LogP) is 2.43. The molecule has 0 aliphatic rings. The lowest BCUT2D eigenvalue weighted by Gasteiger charge is -2.30. The van der Waals surface area contributed by atoms with Crippen LogP contribution < -0.4 is 0 Å². The second-order valence-electron chi connectivity index (χ2n) is 4.05. The summed E-state index contributed by atoms with van der Waals surface area (Å²) in [4.78, 5) is 13.3. The Bertz CT molecular complexity index is 173. The van der Waals surface area contributed by atoms with Crippen LogP contribution in [0, 0.1) is 0 Å². The molecule has 0 bridgehead atoms. The summed E-state index contributed by atoms with van der Waals surface area (Å²) in [7, 11) is 2.11. The monoisotopic (exact) mass is 217 g/mol. The van der Waals surface area contributed by atoms with Gasteiger partial charge in [0.05, 0.1) is 0 Å². The summed E-state index contributed by atoms with van der Waals surface area (Å²) in [5.41, 5.74) is 0. The summed E-state index contributed by atoms with van der Waals surface area (Å²) < 4.78 is 0. The van der Waals surface area contributed by atoms with Crippen LogP contribution in [0.4, 0.5) is 0 Å². The summed E-state index contributed by atoms with van der Waals surface area (Å²) in [6.45, 7) is 6.01. The first-order valence-corrected chi connectivity index (χ1v) is 6.58. The van der Waals surface area contributed by atoms with Gasteiger partial charge in [-0.1, -0.05) is 0 Å². The Morgan fingerprint density at radius 3 is 2.36 bits per heavy atom. The fraction of sp³-hybridized carbons (Fsp3) is 0.909. The van der Waals surface area contributed by atoms with Crippen molar-refractivity contribution >= 4 is 17.5 Å². The Balaban J connectivity index is 3.89. The number of hydrogen-bond donors (Lipinski definition) is 0. The fourth-order valence-electron chi connectivity index (χ4n) is 1.49. The lowest BCUT2D eigenvalue weighted by atomic mass is 10.1. The summed E-state index contributed by atoms with van der Waals surface area (Å²) in [5.74, 6) is 1.47. The Kier molecular flexibility index (Phi) is 7.28. The van der Waals surface area contributed by atoms with Crippen LogP contribution >= 0.6 is 11.8 Å². The molecule has 0 saturated carbocycles. The summed E-state index contributed by atoms with van der Waals surface area (Å²) in [5, 5.41) is 0. The van der Waals surface area contributed by atoms with E-state index < -0.39 is 0 Å². The van der Waals surface area contributed by atoms with Crippen molar-refractivity contribution in [2.45, 2.75) is 45.7 Å². The summed E-state index contributed by atoms with van der Waals surface area (Å²) >= 11 is 1.88. The SMILES string of the molecule is CSCCC(C)N(C)C(C)CC(C)=O. The molecule has 0 saturated heterocycles. The third kappa shape index (κ3) is 5.66. The molecule has 0 spiro atoms. The largest absolute Gasteiger partial charge is 0.301 e. The van der Waals surface area contributed by atoms with Crippen molar-refractivity contribution in [1.29, 1.82) is 0 Å². The van der Waals surface area contributed by atoms with Crippen LogP contribution in [-0.2, 0) is 4.79 Å². The number of ketones is 1. The van der Waals surface area contributed by atoms with Gasteiger partial charge in [-0.3, -0.25) is 4.79 Å². The molecular weight excluding hydrogens is 194 g/mol. The van der Waals surface area contributed by atoms with Gasteiger partial charge in [0.2, 0.25) is 0 Å². The molecule has 0 aromatic heterocycles. The summed E-state index contributed by atoms with van der Waals surface area (Å²) in [6.07, 6.45) is 3.99. The van der Waals surface area contributed by atoms with Gasteiger partial charge in [0.15, 0.2) is 0 Å². The average Bonchev–Trinajstić information content (AvgIpc) is 2.11. The number of carbonyl (C=O) groups is 1. The lowest BCUT2D eigenvalue weighted by molar-refractivity contribution is -0.118. The molecule has 0 aromatic carbocycles. The van der Waals surface area contributed by atoms with Gasteiger partial charge in [0.1, 0.15) is 5.78 Å². The molecule has 2 nitrogen and oxygen atoms in total. The lowest BCUT2D eigenvalue weighted by Crippen LogP contribution is -2.38. The van der Waals surface area contributed by atoms with E-state index in [1.54, 1.807) is 6.92 Å². The zero-order chi connectivity index (χ0) is 11.1. The molecule has 0 amide bonds. The molecule has 0 aliphatic heterocycles. The molecule has 3 heteroatoms. The maximum atomic E-state index is 11.0. The van der Waals surface area contributed by atoms with Crippen molar-refractivity contribution in [3.05, 3.63) is 0 Å². The molecule has 2 unspecified atom stereocenters. The molecule has 84 valence electrons. The van der Waals surface area contributed by atoms with Gasteiger partial charge < -0.3 is 4.90 Å². The molecule has 0 aliphatic carbocycles. The van der Waals surface area contributed by atoms with Gasteiger partial charge in [-0.25, -0.2) is 0 Å². The van der Waals surface area contributed by atoms with Crippen molar-refractivity contribution in [2.24, 2.45) is 0 Å². The Morgan fingerprint density at radius 2 is 1.93 bits per heavy atom. The van der Waals surface area contributed by atoms with Gasteiger partial charge in [0, 0.05) is 18.5 Å². The Labute approximate surface area is 92.4 Å². The molecule has 0 heterocycles. The zero-order valence-electron chi connectivity index (χ0n) is 10.0. The fourth-order valence-corrected chi connectivity index (χ4v) is 2.06. The molecule has 0 rings (SSSR count). The van der Waals surface area contributed by atoms with Crippen molar-refractivity contribution in [1.82, 2.24) is 4.90 Å². The number of thioether (sulfide) groups is 1. The number of nitrogens with zero attached hydrogens (tertiary/aromatic N) is 1. The highest BCUT2D eigenvalue weighted by Crippen LogP contribution is 2.11. The highest BCUT2D eigenvalue weighted by molar-refractivity contribution is 7.98. The van der Waals surface area contributed by atoms with Crippen molar-refractivity contribution in [2.75, 3.05) is 19.1 Å². The second-order valence-corrected chi connectivity index (χ2v) is 5.04. The highest BCUT2D eigenvalue weighted by atomic mass is 32.2. The van der Waals surface area contributed by atoms with Crippen LogP contribution in [0.1, 0.15) is 33.6 Å². The standard InChI is InChI=1S/C11H23NOS/c1-9(6-7-14-5)12(4)10(2)8-11(3)13/h9-10H,6-8H2,1-5H3. The van der Waals surface area contributed by atoms with Crippen LogP contribution in [0.15, 0.2) is 0 Å². The molecular formula is C11H23NOS.